The molecule has 0 aliphatic heterocycles. The lowest BCUT2D eigenvalue weighted by Gasteiger charge is -2.14. The Labute approximate surface area is 89.2 Å². The van der Waals surface area contributed by atoms with Crippen molar-refractivity contribution in [3.05, 3.63) is 10.6 Å². The lowest BCUT2D eigenvalue weighted by Crippen LogP contribution is -2.17. The molecule has 0 aliphatic carbocycles. The molecule has 0 rings (SSSR count). The van der Waals surface area contributed by atoms with Gasteiger partial charge >= 0.3 is 6.18 Å². The lowest BCUT2D eigenvalue weighted by atomic mass is 10.4. The minimum atomic E-state index is -4.40. The third-order valence-corrected chi connectivity index (χ3v) is 1.93. The maximum Gasteiger partial charge on any atom is 0.422 e. The van der Waals surface area contributed by atoms with E-state index in [9.17, 15) is 13.2 Å². The second-order valence-corrected chi connectivity index (χ2v) is 3.15. The number of halogens is 4. The molecular weight excluding hydrogens is 265 g/mol. The van der Waals surface area contributed by atoms with E-state index in [1.807, 2.05) is 0 Å². The van der Waals surface area contributed by atoms with Crippen LogP contribution in [-0.4, -0.2) is 25.7 Å². The molecule has 0 aromatic carbocycles. The molecule has 0 aliphatic rings. The molecule has 0 fully saturated rings. The Kier molecular flexibility index (Phi) is 6.39. The molecule has 0 saturated heterocycles. The van der Waals surface area contributed by atoms with Gasteiger partial charge in [0.1, 0.15) is 0 Å². The number of hydrogen-bond acceptors (Lipinski definition) is 2. The Balaban J connectivity index is 4.38. The van der Waals surface area contributed by atoms with Crippen molar-refractivity contribution in [3.8, 4) is 0 Å². The van der Waals surface area contributed by atoms with E-state index in [1.165, 1.54) is 0 Å². The van der Waals surface area contributed by atoms with E-state index >= 15 is 0 Å². The smallest absolute Gasteiger partial charge is 0.349 e. The molecule has 0 aromatic heterocycles. The molecule has 0 unspecified atom stereocenters. The lowest BCUT2D eigenvalue weighted by molar-refractivity contribution is -0.111. The minimum absolute atomic E-state index is 0.291. The Morgan fingerprint density at radius 3 is 2.00 bits per heavy atom. The van der Waals surface area contributed by atoms with Gasteiger partial charge in [-0.25, -0.2) is 0 Å². The summed E-state index contributed by atoms with van der Waals surface area (Å²) in [7, 11) is 0. The van der Waals surface area contributed by atoms with Crippen molar-refractivity contribution in [1.29, 1.82) is 0 Å². The third kappa shape index (κ3) is 5.62. The summed E-state index contributed by atoms with van der Waals surface area (Å²) in [6, 6.07) is 0. The van der Waals surface area contributed by atoms with E-state index in [2.05, 4.69) is 15.9 Å². The fraction of sp³-hybridized carbons (Fsp3) is 0.750. The summed E-state index contributed by atoms with van der Waals surface area (Å²) in [6.07, 6.45) is -4.50. The molecule has 0 radical (unpaired) electrons. The summed E-state index contributed by atoms with van der Waals surface area (Å²) < 4.78 is 45.1. The minimum Gasteiger partial charge on any atom is -0.349 e. The molecule has 2 nitrogen and oxygen atoms in total. The molecular formula is C8H12BrF3O2. The molecule has 0 bridgehead atoms. The van der Waals surface area contributed by atoms with Gasteiger partial charge in [0.05, 0.1) is 4.48 Å². The number of rotatable bonds is 5. The van der Waals surface area contributed by atoms with Gasteiger partial charge in [-0.2, -0.15) is 13.2 Å². The maximum absolute atomic E-state index is 12.1. The maximum atomic E-state index is 12.1. The van der Waals surface area contributed by atoms with Crippen molar-refractivity contribution in [1.82, 2.24) is 0 Å². The van der Waals surface area contributed by atoms with Crippen LogP contribution in [0.1, 0.15) is 13.8 Å². The van der Waals surface area contributed by atoms with Crippen LogP contribution in [-0.2, 0) is 9.47 Å². The molecule has 0 atom stereocenters. The van der Waals surface area contributed by atoms with Gasteiger partial charge in [-0.3, -0.25) is 0 Å². The normalized spacial score (nSPS) is 13.8. The van der Waals surface area contributed by atoms with Crippen molar-refractivity contribution < 1.29 is 22.6 Å². The van der Waals surface area contributed by atoms with Crippen molar-refractivity contribution in [2.75, 3.05) is 13.2 Å². The van der Waals surface area contributed by atoms with Crippen LogP contribution in [0.3, 0.4) is 0 Å². The van der Waals surface area contributed by atoms with Crippen LogP contribution < -0.4 is 0 Å². The summed E-state index contributed by atoms with van der Waals surface area (Å²) in [5.74, 6) is 0. The van der Waals surface area contributed by atoms with Crippen molar-refractivity contribution in [2.24, 2.45) is 0 Å². The van der Waals surface area contributed by atoms with Crippen LogP contribution in [0.4, 0.5) is 13.2 Å². The van der Waals surface area contributed by atoms with Crippen LogP contribution in [0.15, 0.2) is 10.6 Å². The van der Waals surface area contributed by atoms with Gasteiger partial charge in [-0.1, -0.05) is 0 Å². The van der Waals surface area contributed by atoms with Crippen molar-refractivity contribution in [2.45, 2.75) is 26.3 Å². The fourth-order valence-electron chi connectivity index (χ4n) is 0.687. The highest BCUT2D eigenvalue weighted by Crippen LogP contribution is 2.30. The van der Waals surface area contributed by atoms with E-state index in [0.717, 1.165) is 6.08 Å². The summed E-state index contributed by atoms with van der Waals surface area (Å²) in [5, 5.41) is 0. The predicted octanol–water partition coefficient (Wildman–Crippen LogP) is 3.23. The summed E-state index contributed by atoms with van der Waals surface area (Å²) in [4.78, 5) is 0. The molecule has 0 N–H and O–H groups in total. The zero-order valence-corrected chi connectivity index (χ0v) is 9.48. The molecule has 6 heteroatoms. The zero-order valence-electron chi connectivity index (χ0n) is 7.90. The Bertz CT molecular complexity index is 186. The van der Waals surface area contributed by atoms with Crippen LogP contribution in [0.5, 0.6) is 0 Å². The largest absolute Gasteiger partial charge is 0.422 e. The van der Waals surface area contributed by atoms with Crippen molar-refractivity contribution in [3.63, 3.8) is 0 Å². The molecule has 0 heterocycles. The van der Waals surface area contributed by atoms with Crippen LogP contribution in [0, 0.1) is 0 Å². The first kappa shape index (κ1) is 13.9. The summed E-state index contributed by atoms with van der Waals surface area (Å²) >= 11 is 2.42. The second-order valence-electron chi connectivity index (χ2n) is 2.29. The highest BCUT2D eigenvalue weighted by atomic mass is 79.9. The molecule has 0 saturated carbocycles. The van der Waals surface area contributed by atoms with Crippen LogP contribution >= 0.6 is 15.9 Å². The predicted molar refractivity (Wildman–Crippen MR) is 50.1 cm³/mol. The van der Waals surface area contributed by atoms with E-state index in [0.29, 0.717) is 13.2 Å². The van der Waals surface area contributed by atoms with E-state index in [-0.39, 0.29) is 0 Å². The van der Waals surface area contributed by atoms with Crippen molar-refractivity contribution >= 4 is 15.9 Å². The third-order valence-electron chi connectivity index (χ3n) is 1.22. The van der Waals surface area contributed by atoms with Gasteiger partial charge < -0.3 is 9.47 Å². The molecule has 84 valence electrons. The van der Waals surface area contributed by atoms with Gasteiger partial charge in [0.25, 0.3) is 0 Å². The van der Waals surface area contributed by atoms with Gasteiger partial charge in [-0.15, -0.1) is 0 Å². The van der Waals surface area contributed by atoms with Gasteiger partial charge in [0.15, 0.2) is 6.29 Å². The molecule has 0 amide bonds. The van der Waals surface area contributed by atoms with Crippen LogP contribution in [0.2, 0.25) is 0 Å². The highest BCUT2D eigenvalue weighted by Gasteiger charge is 2.32. The number of hydrogen-bond donors (Lipinski definition) is 0. The monoisotopic (exact) mass is 276 g/mol. The first-order valence-electron chi connectivity index (χ1n) is 4.09. The number of alkyl halides is 3. The SMILES string of the molecule is CCOC(/C=C(\Br)C(F)(F)F)OCC. The summed E-state index contributed by atoms with van der Waals surface area (Å²) in [5.41, 5.74) is 0. The Morgan fingerprint density at radius 2 is 1.71 bits per heavy atom. The van der Waals surface area contributed by atoms with E-state index in [1.54, 1.807) is 13.8 Å². The summed E-state index contributed by atoms with van der Waals surface area (Å²) in [6.45, 7) is 3.95. The van der Waals surface area contributed by atoms with E-state index in [4.69, 9.17) is 9.47 Å². The Hall–Kier alpha value is -0.0700. The molecule has 14 heavy (non-hydrogen) atoms. The van der Waals surface area contributed by atoms with Crippen LogP contribution in [0.25, 0.3) is 0 Å². The number of allylic oxidation sites excluding steroid dienone is 1. The first-order valence-corrected chi connectivity index (χ1v) is 4.88. The molecule has 0 aromatic rings. The van der Waals surface area contributed by atoms with E-state index < -0.39 is 16.9 Å². The zero-order chi connectivity index (χ0) is 11.2. The standard InChI is InChI=1S/C8H12BrF3O2/c1-3-13-7(14-4-2)5-6(9)8(10,11)12/h5,7H,3-4H2,1-2H3/b6-5-. The Morgan fingerprint density at radius 1 is 1.29 bits per heavy atom. The van der Waals surface area contributed by atoms with Gasteiger partial charge in [0, 0.05) is 13.2 Å². The average Bonchev–Trinajstić information content (AvgIpc) is 2.03. The second kappa shape index (κ2) is 6.42. The fourth-order valence-corrected chi connectivity index (χ4v) is 0.903. The topological polar surface area (TPSA) is 18.5 Å². The van der Waals surface area contributed by atoms with Gasteiger partial charge in [0.2, 0.25) is 0 Å². The highest BCUT2D eigenvalue weighted by molar-refractivity contribution is 9.11. The number of ether oxygens (including phenoxy) is 2. The average molecular weight is 277 g/mol. The van der Waals surface area contributed by atoms with Gasteiger partial charge in [-0.05, 0) is 35.9 Å². The first-order chi connectivity index (χ1) is 6.41. The molecule has 0 spiro atoms. The quantitative estimate of drug-likeness (QED) is 0.718.